The van der Waals surface area contributed by atoms with E-state index in [0.717, 1.165) is 22.3 Å². The van der Waals surface area contributed by atoms with E-state index in [1.54, 1.807) is 0 Å². The van der Waals surface area contributed by atoms with Gasteiger partial charge in [-0.25, -0.2) is 15.0 Å². The molecule has 0 fully saturated rings. The first-order chi connectivity index (χ1) is 27.7. The molecule has 0 atom stereocenters. The lowest BCUT2D eigenvalue weighted by Crippen LogP contribution is -2.00. The molecule has 0 aliphatic heterocycles. The van der Waals surface area contributed by atoms with E-state index in [0.29, 0.717) is 17.5 Å². The Morgan fingerprint density at radius 1 is 0.268 bits per heavy atom. The maximum Gasteiger partial charge on any atom is 0.164 e. The number of rotatable bonds is 6. The van der Waals surface area contributed by atoms with Gasteiger partial charge < -0.3 is 0 Å². The zero-order valence-corrected chi connectivity index (χ0v) is 31.7. The molecule has 8 aromatic carbocycles. The minimum Gasteiger partial charge on any atom is -0.208 e. The van der Waals surface area contributed by atoms with Crippen LogP contribution in [0.4, 0.5) is 0 Å². The predicted molar refractivity (Wildman–Crippen MR) is 238 cm³/mol. The fourth-order valence-corrected chi connectivity index (χ4v) is 10.2. The van der Waals surface area contributed by atoms with Crippen LogP contribution in [0.5, 0.6) is 0 Å². The first kappa shape index (κ1) is 32.6. The van der Waals surface area contributed by atoms with Crippen LogP contribution in [0.1, 0.15) is 0 Å². The van der Waals surface area contributed by atoms with Crippen LogP contribution in [0.3, 0.4) is 0 Å². The van der Waals surface area contributed by atoms with Crippen molar-refractivity contribution in [2.24, 2.45) is 0 Å². The van der Waals surface area contributed by atoms with E-state index in [1.807, 2.05) is 46.9 Å². The highest BCUT2D eigenvalue weighted by Gasteiger charge is 2.19. The second-order valence-corrected chi connectivity index (χ2v) is 16.1. The maximum absolute atomic E-state index is 5.18. The standard InChI is InChI=1S/C51H31N3S2/c1-4-13-32(14-5-1)34-23-25-36(26-24-34)50-52-49(35-17-8-3-9-18-35)53-51(54-50)41-20-12-22-44-47(41)40-28-27-37(30-45(40)56-44)42-29-38(33-15-6-2-7-16-33)31-46-48(42)39-19-10-11-21-43(39)55-46/h1-31H. The van der Waals surface area contributed by atoms with Crippen LogP contribution >= 0.6 is 22.7 Å². The Morgan fingerprint density at radius 3 is 1.48 bits per heavy atom. The summed E-state index contributed by atoms with van der Waals surface area (Å²) >= 11 is 3.69. The number of thiophene rings is 2. The monoisotopic (exact) mass is 749 g/mol. The third-order valence-electron chi connectivity index (χ3n) is 10.6. The summed E-state index contributed by atoms with van der Waals surface area (Å²) in [5, 5.41) is 4.98. The zero-order valence-electron chi connectivity index (χ0n) is 30.1. The van der Waals surface area contributed by atoms with E-state index in [2.05, 4.69) is 164 Å². The fraction of sp³-hybridized carbons (Fsp3) is 0. The minimum absolute atomic E-state index is 0.651. The minimum atomic E-state index is 0.651. The lowest BCUT2D eigenvalue weighted by atomic mass is 9.94. The molecule has 0 amide bonds. The number of hydrogen-bond donors (Lipinski definition) is 0. The molecular weight excluding hydrogens is 719 g/mol. The van der Waals surface area contributed by atoms with Crippen LogP contribution in [0.25, 0.3) is 108 Å². The van der Waals surface area contributed by atoms with E-state index in [-0.39, 0.29) is 0 Å². The van der Waals surface area contributed by atoms with Crippen LogP contribution in [-0.4, -0.2) is 15.0 Å². The van der Waals surface area contributed by atoms with Gasteiger partial charge in [0.1, 0.15) is 0 Å². The third-order valence-corrected chi connectivity index (χ3v) is 12.8. The summed E-state index contributed by atoms with van der Waals surface area (Å²) in [5.41, 5.74) is 10.2. The van der Waals surface area contributed by atoms with Gasteiger partial charge in [0.15, 0.2) is 17.5 Å². The summed E-state index contributed by atoms with van der Waals surface area (Å²) in [6, 6.07) is 66.8. The van der Waals surface area contributed by atoms with Gasteiger partial charge in [0.05, 0.1) is 0 Å². The molecule has 11 aromatic rings. The second-order valence-electron chi connectivity index (χ2n) is 14.0. The summed E-state index contributed by atoms with van der Waals surface area (Å²) in [6.07, 6.45) is 0. The molecule has 5 heteroatoms. The molecule has 262 valence electrons. The smallest absolute Gasteiger partial charge is 0.164 e. The lowest BCUT2D eigenvalue weighted by molar-refractivity contribution is 1.08. The first-order valence-electron chi connectivity index (χ1n) is 18.7. The highest BCUT2D eigenvalue weighted by Crippen LogP contribution is 2.46. The van der Waals surface area contributed by atoms with Crippen molar-refractivity contribution in [2.75, 3.05) is 0 Å². The molecule has 0 saturated carbocycles. The van der Waals surface area contributed by atoms with Gasteiger partial charge >= 0.3 is 0 Å². The SMILES string of the molecule is c1ccc(-c2ccc(-c3nc(-c4ccccc4)nc(-c4cccc5sc6cc(-c7cc(-c8ccccc8)cc8sc9ccccc9c78)ccc6c45)n3)cc2)cc1. The summed E-state index contributed by atoms with van der Waals surface area (Å²) < 4.78 is 5.04. The van der Waals surface area contributed by atoms with Gasteiger partial charge in [-0.05, 0) is 63.7 Å². The van der Waals surface area contributed by atoms with Gasteiger partial charge in [-0.1, -0.05) is 158 Å². The van der Waals surface area contributed by atoms with Crippen molar-refractivity contribution in [1.82, 2.24) is 15.0 Å². The quantitative estimate of drug-likeness (QED) is 0.170. The predicted octanol–water partition coefficient (Wildman–Crippen LogP) is 14.6. The van der Waals surface area contributed by atoms with Crippen molar-refractivity contribution in [3.8, 4) is 67.5 Å². The summed E-state index contributed by atoms with van der Waals surface area (Å²) in [5.74, 6) is 1.97. The van der Waals surface area contributed by atoms with Crippen molar-refractivity contribution in [3.05, 3.63) is 188 Å². The third kappa shape index (κ3) is 5.68. The molecule has 0 aliphatic carbocycles. The zero-order chi connectivity index (χ0) is 37.0. The number of benzene rings is 8. The van der Waals surface area contributed by atoms with Crippen LogP contribution < -0.4 is 0 Å². The topological polar surface area (TPSA) is 38.7 Å². The summed E-state index contributed by atoms with van der Waals surface area (Å²) in [6.45, 7) is 0. The van der Waals surface area contributed by atoms with Gasteiger partial charge in [-0.3, -0.25) is 0 Å². The van der Waals surface area contributed by atoms with Crippen LogP contribution in [0.15, 0.2) is 188 Å². The number of aromatic nitrogens is 3. The molecule has 3 nitrogen and oxygen atoms in total. The number of hydrogen-bond acceptors (Lipinski definition) is 5. The van der Waals surface area contributed by atoms with E-state index in [9.17, 15) is 0 Å². The van der Waals surface area contributed by atoms with Crippen LogP contribution in [-0.2, 0) is 0 Å². The Morgan fingerprint density at radius 2 is 0.750 bits per heavy atom. The van der Waals surface area contributed by atoms with Gasteiger partial charge in [0, 0.05) is 57.0 Å². The van der Waals surface area contributed by atoms with Crippen molar-refractivity contribution in [2.45, 2.75) is 0 Å². The average Bonchev–Trinajstić information content (AvgIpc) is 3.85. The van der Waals surface area contributed by atoms with E-state index in [4.69, 9.17) is 15.0 Å². The lowest BCUT2D eigenvalue weighted by Gasteiger charge is -2.11. The number of nitrogens with zero attached hydrogens (tertiary/aromatic N) is 3. The van der Waals surface area contributed by atoms with Crippen LogP contribution in [0, 0.1) is 0 Å². The van der Waals surface area contributed by atoms with E-state index < -0.39 is 0 Å². The first-order valence-corrected chi connectivity index (χ1v) is 20.3. The molecule has 3 heterocycles. The molecule has 56 heavy (non-hydrogen) atoms. The Labute approximate surface area is 331 Å². The van der Waals surface area contributed by atoms with Crippen molar-refractivity contribution in [1.29, 1.82) is 0 Å². The summed E-state index contributed by atoms with van der Waals surface area (Å²) in [7, 11) is 0. The van der Waals surface area contributed by atoms with Gasteiger partial charge in [-0.15, -0.1) is 22.7 Å². The molecule has 0 N–H and O–H groups in total. The average molecular weight is 750 g/mol. The Kier molecular flexibility index (Phi) is 7.87. The van der Waals surface area contributed by atoms with Crippen molar-refractivity contribution in [3.63, 3.8) is 0 Å². The molecule has 0 saturated heterocycles. The Balaban J connectivity index is 1.08. The fourth-order valence-electron chi connectivity index (χ4n) is 7.84. The van der Waals surface area contributed by atoms with Gasteiger partial charge in [0.25, 0.3) is 0 Å². The second kappa shape index (κ2) is 13.5. The summed E-state index contributed by atoms with van der Waals surface area (Å²) in [4.78, 5) is 15.4. The molecule has 3 aromatic heterocycles. The maximum atomic E-state index is 5.18. The molecule has 0 aliphatic rings. The Hall–Kier alpha value is -6.79. The van der Waals surface area contributed by atoms with Gasteiger partial charge in [0.2, 0.25) is 0 Å². The Bertz CT molecular complexity index is 3220. The highest BCUT2D eigenvalue weighted by atomic mass is 32.1. The molecular formula is C51H31N3S2. The van der Waals surface area contributed by atoms with Crippen molar-refractivity contribution < 1.29 is 0 Å². The molecule has 0 spiro atoms. The highest BCUT2D eigenvalue weighted by molar-refractivity contribution is 7.26. The van der Waals surface area contributed by atoms with E-state index >= 15 is 0 Å². The molecule has 0 unspecified atom stereocenters. The number of fused-ring (bicyclic) bond motifs is 6. The molecule has 0 bridgehead atoms. The van der Waals surface area contributed by atoms with Gasteiger partial charge in [-0.2, -0.15) is 0 Å². The normalized spacial score (nSPS) is 11.6. The largest absolute Gasteiger partial charge is 0.208 e. The molecule has 11 rings (SSSR count). The van der Waals surface area contributed by atoms with E-state index in [1.165, 1.54) is 68.2 Å². The molecule has 0 radical (unpaired) electrons. The van der Waals surface area contributed by atoms with Crippen molar-refractivity contribution >= 4 is 63.0 Å². The van der Waals surface area contributed by atoms with Crippen LogP contribution in [0.2, 0.25) is 0 Å².